The summed E-state index contributed by atoms with van der Waals surface area (Å²) < 4.78 is 28.0. The van der Waals surface area contributed by atoms with E-state index in [0.717, 1.165) is 13.0 Å². The number of rotatable bonds is 5. The zero-order valence-corrected chi connectivity index (χ0v) is 14.4. The first-order valence-corrected chi connectivity index (χ1v) is 7.84. The summed E-state index contributed by atoms with van der Waals surface area (Å²) in [6, 6.07) is 2.33. The molecule has 0 radical (unpaired) electrons. The Kier molecular flexibility index (Phi) is 6.14. The van der Waals surface area contributed by atoms with E-state index in [1.807, 2.05) is 6.92 Å². The van der Waals surface area contributed by atoms with Gasteiger partial charge >= 0.3 is 0 Å². The molecule has 0 heterocycles. The maximum atomic E-state index is 14.1. The molecule has 114 valence electrons. The van der Waals surface area contributed by atoms with E-state index in [2.05, 4.69) is 48.9 Å². The van der Waals surface area contributed by atoms with Crippen molar-refractivity contribution in [3.8, 4) is 0 Å². The minimum Gasteiger partial charge on any atom is -0.310 e. The smallest absolute Gasteiger partial charge is 0.137 e. The highest BCUT2D eigenvalue weighted by molar-refractivity contribution is 9.10. The van der Waals surface area contributed by atoms with Gasteiger partial charge in [-0.1, -0.05) is 34.6 Å². The first-order valence-electron chi connectivity index (χ1n) is 7.04. The second kappa shape index (κ2) is 6.99. The van der Waals surface area contributed by atoms with Gasteiger partial charge in [0, 0.05) is 11.6 Å². The van der Waals surface area contributed by atoms with Crippen LogP contribution >= 0.6 is 15.9 Å². The van der Waals surface area contributed by atoms with Gasteiger partial charge in [0.25, 0.3) is 0 Å². The molecule has 0 fully saturated rings. The number of hydrogen-bond acceptors (Lipinski definition) is 1. The maximum Gasteiger partial charge on any atom is 0.137 e. The summed E-state index contributed by atoms with van der Waals surface area (Å²) in [7, 11) is 0. The standard InChI is InChI=1S/C16H24BrF2N/c1-6-20-15(7-10(2)16(3,4)5)11-8-14(19)12(17)9-13(11)18/h8-10,15,20H,6-7H2,1-5H3. The molecule has 0 amide bonds. The molecule has 2 unspecified atom stereocenters. The normalized spacial score (nSPS) is 15.2. The van der Waals surface area contributed by atoms with Gasteiger partial charge in [-0.25, -0.2) is 8.78 Å². The third-order valence-electron chi connectivity index (χ3n) is 3.93. The third-order valence-corrected chi connectivity index (χ3v) is 4.54. The third kappa shape index (κ3) is 4.52. The van der Waals surface area contributed by atoms with Crippen LogP contribution in [0.5, 0.6) is 0 Å². The van der Waals surface area contributed by atoms with Crippen molar-refractivity contribution >= 4 is 15.9 Å². The second-order valence-corrected chi connectivity index (χ2v) is 7.26. The van der Waals surface area contributed by atoms with Crippen LogP contribution in [0.4, 0.5) is 8.78 Å². The van der Waals surface area contributed by atoms with Crippen LogP contribution in [0, 0.1) is 23.0 Å². The molecule has 4 heteroatoms. The van der Waals surface area contributed by atoms with Gasteiger partial charge < -0.3 is 5.32 Å². The molecule has 1 N–H and O–H groups in total. The van der Waals surface area contributed by atoms with Gasteiger partial charge in [0.2, 0.25) is 0 Å². The Morgan fingerprint density at radius 2 is 1.80 bits per heavy atom. The molecule has 0 saturated heterocycles. The van der Waals surface area contributed by atoms with Gasteiger partial charge in [-0.3, -0.25) is 0 Å². The molecular formula is C16H24BrF2N. The Morgan fingerprint density at radius 3 is 2.30 bits per heavy atom. The fraction of sp³-hybridized carbons (Fsp3) is 0.625. The first-order chi connectivity index (χ1) is 9.16. The van der Waals surface area contributed by atoms with E-state index in [1.165, 1.54) is 12.1 Å². The molecule has 0 saturated carbocycles. The molecule has 0 aliphatic rings. The molecule has 0 aliphatic carbocycles. The SMILES string of the molecule is CCNC(CC(C)C(C)(C)C)c1cc(F)c(Br)cc1F. The summed E-state index contributed by atoms with van der Waals surface area (Å²) >= 11 is 3.02. The molecular weight excluding hydrogens is 324 g/mol. The summed E-state index contributed by atoms with van der Waals surface area (Å²) in [5.41, 5.74) is 0.543. The Bertz CT molecular complexity index is 455. The molecule has 0 spiro atoms. The Morgan fingerprint density at radius 1 is 1.20 bits per heavy atom. The molecule has 1 aromatic carbocycles. The van der Waals surface area contributed by atoms with E-state index < -0.39 is 5.82 Å². The summed E-state index contributed by atoms with van der Waals surface area (Å²) in [5, 5.41) is 3.27. The Labute approximate surface area is 129 Å². The van der Waals surface area contributed by atoms with Crippen molar-refractivity contribution in [3.63, 3.8) is 0 Å². The van der Waals surface area contributed by atoms with Crippen LogP contribution in [0.25, 0.3) is 0 Å². The van der Waals surface area contributed by atoms with E-state index in [-0.39, 0.29) is 21.7 Å². The zero-order chi connectivity index (χ0) is 15.5. The quantitative estimate of drug-likeness (QED) is 0.698. The van der Waals surface area contributed by atoms with Gasteiger partial charge in [-0.2, -0.15) is 0 Å². The van der Waals surface area contributed by atoms with Crippen molar-refractivity contribution in [1.82, 2.24) is 5.32 Å². The molecule has 0 aliphatic heterocycles. The highest BCUT2D eigenvalue weighted by Crippen LogP contribution is 2.35. The summed E-state index contributed by atoms with van der Waals surface area (Å²) in [5.74, 6) is -0.407. The number of nitrogens with one attached hydrogen (secondary N) is 1. The van der Waals surface area contributed by atoms with Crippen molar-refractivity contribution in [1.29, 1.82) is 0 Å². The highest BCUT2D eigenvalue weighted by Gasteiger charge is 2.26. The van der Waals surface area contributed by atoms with Gasteiger partial charge in [0.15, 0.2) is 0 Å². The van der Waals surface area contributed by atoms with E-state index >= 15 is 0 Å². The molecule has 1 aromatic rings. The summed E-state index contributed by atoms with van der Waals surface area (Å²) in [4.78, 5) is 0. The number of halogens is 3. The van der Waals surface area contributed by atoms with Gasteiger partial charge in [0.05, 0.1) is 4.47 Å². The van der Waals surface area contributed by atoms with E-state index in [1.54, 1.807) is 0 Å². The predicted molar refractivity (Wildman–Crippen MR) is 83.7 cm³/mol. The number of benzene rings is 1. The van der Waals surface area contributed by atoms with Crippen molar-refractivity contribution in [2.75, 3.05) is 6.54 Å². The van der Waals surface area contributed by atoms with Gasteiger partial charge in [-0.05, 0) is 52.4 Å². The molecule has 0 bridgehead atoms. The number of hydrogen-bond donors (Lipinski definition) is 1. The van der Waals surface area contributed by atoms with E-state index in [0.29, 0.717) is 11.5 Å². The average Bonchev–Trinajstić information content (AvgIpc) is 2.32. The second-order valence-electron chi connectivity index (χ2n) is 6.40. The van der Waals surface area contributed by atoms with E-state index in [9.17, 15) is 8.78 Å². The van der Waals surface area contributed by atoms with Gasteiger partial charge in [-0.15, -0.1) is 0 Å². The predicted octanol–water partition coefficient (Wildman–Crippen LogP) is 5.45. The monoisotopic (exact) mass is 347 g/mol. The summed E-state index contributed by atoms with van der Waals surface area (Å²) in [6.07, 6.45) is 0.773. The minimum atomic E-state index is -0.423. The van der Waals surface area contributed by atoms with Crippen LogP contribution in [0.1, 0.15) is 52.6 Å². The van der Waals surface area contributed by atoms with Crippen molar-refractivity contribution < 1.29 is 8.78 Å². The largest absolute Gasteiger partial charge is 0.310 e. The topological polar surface area (TPSA) is 12.0 Å². The lowest BCUT2D eigenvalue weighted by molar-refractivity contribution is 0.222. The molecule has 1 nitrogen and oxygen atoms in total. The molecule has 2 atom stereocenters. The summed E-state index contributed by atoms with van der Waals surface area (Å²) in [6.45, 7) is 11.3. The van der Waals surface area contributed by atoms with Crippen LogP contribution in [0.15, 0.2) is 16.6 Å². The molecule has 0 aromatic heterocycles. The van der Waals surface area contributed by atoms with Crippen LogP contribution in [-0.2, 0) is 0 Å². The van der Waals surface area contributed by atoms with Crippen LogP contribution in [0.3, 0.4) is 0 Å². The van der Waals surface area contributed by atoms with Crippen molar-refractivity contribution in [2.24, 2.45) is 11.3 Å². The first kappa shape index (κ1) is 17.6. The molecule has 1 rings (SSSR count). The van der Waals surface area contributed by atoms with E-state index in [4.69, 9.17) is 0 Å². The fourth-order valence-corrected chi connectivity index (χ4v) is 2.39. The van der Waals surface area contributed by atoms with Crippen LogP contribution < -0.4 is 5.32 Å². The van der Waals surface area contributed by atoms with Crippen molar-refractivity contribution in [2.45, 2.75) is 47.1 Å². The zero-order valence-electron chi connectivity index (χ0n) is 12.9. The Hall–Kier alpha value is -0.480. The van der Waals surface area contributed by atoms with Crippen LogP contribution in [0.2, 0.25) is 0 Å². The fourth-order valence-electron chi connectivity index (χ4n) is 2.08. The molecule has 20 heavy (non-hydrogen) atoms. The maximum absolute atomic E-state index is 14.1. The van der Waals surface area contributed by atoms with Crippen LogP contribution in [-0.4, -0.2) is 6.54 Å². The average molecular weight is 348 g/mol. The lowest BCUT2D eigenvalue weighted by atomic mass is 9.77. The lowest BCUT2D eigenvalue weighted by Gasteiger charge is -2.31. The Balaban J connectivity index is 3.05. The minimum absolute atomic E-state index is 0.137. The van der Waals surface area contributed by atoms with Crippen molar-refractivity contribution in [3.05, 3.63) is 33.8 Å². The lowest BCUT2D eigenvalue weighted by Crippen LogP contribution is -2.28. The van der Waals surface area contributed by atoms with Gasteiger partial charge in [0.1, 0.15) is 11.6 Å². The highest BCUT2D eigenvalue weighted by atomic mass is 79.9.